The van der Waals surface area contributed by atoms with Crippen LogP contribution in [0.2, 0.25) is 0 Å². The third-order valence-corrected chi connectivity index (χ3v) is 3.68. The van der Waals surface area contributed by atoms with E-state index in [0.717, 1.165) is 5.56 Å². The van der Waals surface area contributed by atoms with Crippen LogP contribution in [-0.2, 0) is 11.9 Å². The summed E-state index contributed by atoms with van der Waals surface area (Å²) in [6, 6.07) is 10.6. The summed E-state index contributed by atoms with van der Waals surface area (Å²) in [5.41, 5.74) is 1.48. The smallest absolute Gasteiger partial charge is 0.171 e. The van der Waals surface area contributed by atoms with E-state index in [-0.39, 0.29) is 12.4 Å². The Morgan fingerprint density at radius 3 is 2.43 bits per heavy atom. The average molecular weight is 355 g/mol. The quantitative estimate of drug-likeness (QED) is 0.723. The Labute approximate surface area is 131 Å². The summed E-state index contributed by atoms with van der Waals surface area (Å²) in [7, 11) is 3.01. The molecule has 0 amide bonds. The van der Waals surface area contributed by atoms with Gasteiger partial charge in [0.25, 0.3) is 0 Å². The Bertz CT molecular complexity index is 616. The first kappa shape index (κ1) is 15.6. The fraction of sp³-hybridized carbons (Fsp3) is 0.250. The number of benzene rings is 2. The van der Waals surface area contributed by atoms with E-state index in [4.69, 9.17) is 14.2 Å². The summed E-state index contributed by atoms with van der Waals surface area (Å²) >= 11 is 3.39. The minimum Gasteiger partial charge on any atom is -0.494 e. The largest absolute Gasteiger partial charge is 0.494 e. The first-order valence-corrected chi connectivity index (χ1v) is 7.48. The van der Waals surface area contributed by atoms with Crippen LogP contribution in [0.1, 0.15) is 11.1 Å². The van der Waals surface area contributed by atoms with E-state index >= 15 is 0 Å². The first-order chi connectivity index (χ1) is 10.2. The number of hydrogen-bond donors (Lipinski definition) is 0. The van der Waals surface area contributed by atoms with Gasteiger partial charge in [-0.3, -0.25) is 0 Å². The van der Waals surface area contributed by atoms with Gasteiger partial charge in [0.1, 0.15) is 6.61 Å². The molecule has 0 aliphatic heterocycles. The molecule has 0 atom stereocenters. The van der Waals surface area contributed by atoms with Crippen LogP contribution in [0.5, 0.6) is 17.2 Å². The fourth-order valence-corrected chi connectivity index (χ4v) is 2.25. The second kappa shape index (κ2) is 7.31. The summed E-state index contributed by atoms with van der Waals surface area (Å²) in [5.74, 6) is 0.993. The highest BCUT2D eigenvalue weighted by Gasteiger charge is 2.11. The lowest BCUT2D eigenvalue weighted by Crippen LogP contribution is -2.02. The van der Waals surface area contributed by atoms with E-state index in [2.05, 4.69) is 15.9 Å². The van der Waals surface area contributed by atoms with Crippen molar-refractivity contribution in [2.24, 2.45) is 0 Å². The average Bonchev–Trinajstić information content (AvgIpc) is 2.53. The molecule has 0 aliphatic carbocycles. The normalized spacial score (nSPS) is 10.3. The van der Waals surface area contributed by atoms with E-state index in [1.165, 1.54) is 7.11 Å². The number of rotatable bonds is 6. The number of ether oxygens (including phenoxy) is 3. The molecule has 0 N–H and O–H groups in total. The van der Waals surface area contributed by atoms with Crippen LogP contribution < -0.4 is 14.2 Å². The Kier molecular flexibility index (Phi) is 5.44. The van der Waals surface area contributed by atoms with Crippen molar-refractivity contribution in [3.63, 3.8) is 0 Å². The molecular weight excluding hydrogens is 339 g/mol. The van der Waals surface area contributed by atoms with E-state index < -0.39 is 5.82 Å². The lowest BCUT2D eigenvalue weighted by molar-refractivity contribution is 0.277. The molecule has 21 heavy (non-hydrogen) atoms. The summed E-state index contributed by atoms with van der Waals surface area (Å²) < 4.78 is 30.0. The van der Waals surface area contributed by atoms with Crippen molar-refractivity contribution in [1.82, 2.24) is 0 Å². The van der Waals surface area contributed by atoms with Gasteiger partial charge in [0, 0.05) is 10.9 Å². The maximum atomic E-state index is 14.1. The van der Waals surface area contributed by atoms with Crippen molar-refractivity contribution in [3.05, 3.63) is 53.3 Å². The minimum atomic E-state index is -0.407. The van der Waals surface area contributed by atoms with Crippen LogP contribution in [0, 0.1) is 5.82 Å². The van der Waals surface area contributed by atoms with Crippen LogP contribution >= 0.6 is 15.9 Å². The summed E-state index contributed by atoms with van der Waals surface area (Å²) in [4.78, 5) is 0. The molecule has 2 aromatic rings. The number of methoxy groups -OCH3 is 2. The zero-order chi connectivity index (χ0) is 15.2. The Balaban J connectivity index is 2.20. The van der Waals surface area contributed by atoms with Crippen LogP contribution in [0.25, 0.3) is 0 Å². The van der Waals surface area contributed by atoms with Gasteiger partial charge in [-0.25, -0.2) is 4.39 Å². The van der Waals surface area contributed by atoms with Crippen LogP contribution in [0.3, 0.4) is 0 Å². The predicted molar refractivity (Wildman–Crippen MR) is 82.9 cm³/mol. The van der Waals surface area contributed by atoms with E-state index in [1.807, 2.05) is 18.2 Å². The van der Waals surface area contributed by atoms with E-state index in [0.29, 0.717) is 22.4 Å². The Hall–Kier alpha value is -1.75. The molecular formula is C16H16BrFO3. The predicted octanol–water partition coefficient (Wildman–Crippen LogP) is 4.32. The molecule has 0 spiro atoms. The maximum Gasteiger partial charge on any atom is 0.171 e. The van der Waals surface area contributed by atoms with Crippen LogP contribution in [-0.4, -0.2) is 14.2 Å². The second-order valence-corrected chi connectivity index (χ2v) is 4.90. The third-order valence-electron chi connectivity index (χ3n) is 3.03. The SMILES string of the molecule is COc1ccc(CBr)cc1OCc1cccc(OC)c1F. The second-order valence-electron chi connectivity index (χ2n) is 4.34. The van der Waals surface area contributed by atoms with E-state index in [9.17, 15) is 4.39 Å². The molecule has 0 aliphatic rings. The minimum absolute atomic E-state index is 0.102. The van der Waals surface area contributed by atoms with Gasteiger partial charge in [0.2, 0.25) is 0 Å². The molecule has 0 fully saturated rings. The van der Waals surface area contributed by atoms with Gasteiger partial charge in [0.15, 0.2) is 23.1 Å². The molecule has 0 heterocycles. The Morgan fingerprint density at radius 2 is 1.76 bits per heavy atom. The fourth-order valence-electron chi connectivity index (χ4n) is 1.90. The van der Waals surface area contributed by atoms with Crippen molar-refractivity contribution in [1.29, 1.82) is 0 Å². The standard InChI is InChI=1S/C16H16BrFO3/c1-19-13-7-6-11(9-17)8-15(13)21-10-12-4-3-5-14(20-2)16(12)18/h3-8H,9-10H2,1-2H3. The molecule has 0 aromatic heterocycles. The van der Waals surface area contributed by atoms with Gasteiger partial charge in [-0.1, -0.05) is 34.1 Å². The van der Waals surface area contributed by atoms with Crippen molar-refractivity contribution < 1.29 is 18.6 Å². The van der Waals surface area contributed by atoms with Gasteiger partial charge in [-0.15, -0.1) is 0 Å². The highest BCUT2D eigenvalue weighted by atomic mass is 79.9. The van der Waals surface area contributed by atoms with Gasteiger partial charge in [-0.05, 0) is 23.8 Å². The highest BCUT2D eigenvalue weighted by molar-refractivity contribution is 9.08. The van der Waals surface area contributed by atoms with Crippen molar-refractivity contribution >= 4 is 15.9 Å². The van der Waals surface area contributed by atoms with Gasteiger partial charge >= 0.3 is 0 Å². The van der Waals surface area contributed by atoms with Gasteiger partial charge in [0.05, 0.1) is 14.2 Å². The number of alkyl halides is 1. The zero-order valence-corrected chi connectivity index (χ0v) is 13.4. The molecule has 0 unspecified atom stereocenters. The lowest BCUT2D eigenvalue weighted by Gasteiger charge is -2.13. The highest BCUT2D eigenvalue weighted by Crippen LogP contribution is 2.30. The number of halogens is 2. The molecule has 0 saturated carbocycles. The topological polar surface area (TPSA) is 27.7 Å². The van der Waals surface area contributed by atoms with Crippen molar-refractivity contribution in [2.75, 3.05) is 14.2 Å². The molecule has 0 bridgehead atoms. The van der Waals surface area contributed by atoms with Crippen LogP contribution in [0.15, 0.2) is 36.4 Å². The first-order valence-electron chi connectivity index (χ1n) is 6.36. The molecule has 2 aromatic carbocycles. The van der Waals surface area contributed by atoms with Crippen LogP contribution in [0.4, 0.5) is 4.39 Å². The summed E-state index contributed by atoms with van der Waals surface area (Å²) in [6.45, 7) is 0.102. The summed E-state index contributed by atoms with van der Waals surface area (Å²) in [5, 5.41) is 0.709. The molecule has 2 rings (SSSR count). The van der Waals surface area contributed by atoms with E-state index in [1.54, 1.807) is 25.3 Å². The molecule has 3 nitrogen and oxygen atoms in total. The molecule has 112 valence electrons. The van der Waals surface area contributed by atoms with Gasteiger partial charge in [-0.2, -0.15) is 0 Å². The van der Waals surface area contributed by atoms with Crippen molar-refractivity contribution in [2.45, 2.75) is 11.9 Å². The molecule has 0 radical (unpaired) electrons. The molecule has 0 saturated heterocycles. The van der Waals surface area contributed by atoms with Crippen molar-refractivity contribution in [3.8, 4) is 17.2 Å². The maximum absolute atomic E-state index is 14.1. The third kappa shape index (κ3) is 3.67. The zero-order valence-electron chi connectivity index (χ0n) is 11.9. The van der Waals surface area contributed by atoms with Gasteiger partial charge < -0.3 is 14.2 Å². The lowest BCUT2D eigenvalue weighted by atomic mass is 10.2. The monoisotopic (exact) mass is 354 g/mol. The molecule has 5 heteroatoms. The number of hydrogen-bond acceptors (Lipinski definition) is 3. The summed E-state index contributed by atoms with van der Waals surface area (Å²) in [6.07, 6.45) is 0. The Morgan fingerprint density at radius 1 is 1.00 bits per heavy atom.